The Hall–Kier alpha value is -1.05. The van der Waals surface area contributed by atoms with Gasteiger partial charge in [-0.3, -0.25) is 0 Å². The molecule has 2 nitrogen and oxygen atoms in total. The fourth-order valence-electron chi connectivity index (χ4n) is 0.544. The summed E-state index contributed by atoms with van der Waals surface area (Å²) >= 11 is 0. The van der Waals surface area contributed by atoms with Crippen molar-refractivity contribution in [3.8, 4) is 0 Å². The largest absolute Gasteiger partial charge is 0.334 e. The van der Waals surface area contributed by atoms with Crippen LogP contribution in [0.1, 0.15) is 26.7 Å². The van der Waals surface area contributed by atoms with E-state index in [2.05, 4.69) is 25.4 Å². The number of allylic oxidation sites excluding steroid dienone is 1. The number of hydrogen-bond acceptors (Lipinski definition) is 1. The Morgan fingerprint density at radius 1 is 1.42 bits per heavy atom. The third kappa shape index (κ3) is 5.71. The Bertz CT molecular complexity index is 176. The Labute approximate surface area is 74.9 Å². The van der Waals surface area contributed by atoms with E-state index in [1.54, 1.807) is 12.5 Å². The van der Waals surface area contributed by atoms with Crippen molar-refractivity contribution in [2.75, 3.05) is 0 Å². The lowest BCUT2D eigenvalue weighted by molar-refractivity contribution is 0.822. The lowest BCUT2D eigenvalue weighted by atomic mass is 10.4. The van der Waals surface area contributed by atoms with Crippen LogP contribution in [0.4, 0.5) is 0 Å². The zero-order valence-electron chi connectivity index (χ0n) is 8.03. The maximum atomic E-state index is 3.86. The molecular weight excluding hydrogens is 148 g/mol. The molecule has 1 aromatic rings. The summed E-state index contributed by atoms with van der Waals surface area (Å²) in [6, 6.07) is 0. The summed E-state index contributed by atoms with van der Waals surface area (Å²) in [5.41, 5.74) is 0. The van der Waals surface area contributed by atoms with Gasteiger partial charge in [0.25, 0.3) is 0 Å². The summed E-state index contributed by atoms with van der Waals surface area (Å²) in [4.78, 5) is 3.86. The highest BCUT2D eigenvalue weighted by Crippen LogP contribution is 1.83. The number of nitrogens with zero attached hydrogens (tertiary/aromatic N) is 2. The molecule has 0 spiro atoms. The van der Waals surface area contributed by atoms with Crippen LogP contribution in [0.25, 0.3) is 0 Å². The van der Waals surface area contributed by atoms with Crippen molar-refractivity contribution in [3.05, 3.63) is 31.4 Å². The lowest BCUT2D eigenvalue weighted by Crippen LogP contribution is -1.87. The molecular formula is C10H18N2. The Balaban J connectivity index is 0.000000261. The fourth-order valence-corrected chi connectivity index (χ4v) is 0.544. The van der Waals surface area contributed by atoms with Gasteiger partial charge in [0.15, 0.2) is 0 Å². The summed E-state index contributed by atoms with van der Waals surface area (Å²) < 4.78 is 1.95. The standard InChI is InChI=1S/C6H8N2.C4H10/c1-2-4-8-5-3-7-6-8;1-3-4-2/h2-3,5-6H,1,4H2;3-4H2,1-2H3. The van der Waals surface area contributed by atoms with E-state index in [-0.39, 0.29) is 0 Å². The Morgan fingerprint density at radius 2 is 2.08 bits per heavy atom. The van der Waals surface area contributed by atoms with Crippen LogP contribution < -0.4 is 0 Å². The monoisotopic (exact) mass is 166 g/mol. The third-order valence-electron chi connectivity index (χ3n) is 1.40. The molecule has 0 radical (unpaired) electrons. The van der Waals surface area contributed by atoms with Crippen molar-refractivity contribution in [1.29, 1.82) is 0 Å². The van der Waals surface area contributed by atoms with Gasteiger partial charge in [-0.25, -0.2) is 4.98 Å². The van der Waals surface area contributed by atoms with Crippen LogP contribution in [0.15, 0.2) is 31.4 Å². The molecule has 0 unspecified atom stereocenters. The van der Waals surface area contributed by atoms with Gasteiger partial charge in [-0.15, -0.1) is 6.58 Å². The molecule has 0 atom stereocenters. The van der Waals surface area contributed by atoms with Gasteiger partial charge in [0, 0.05) is 18.9 Å². The molecule has 0 saturated heterocycles. The predicted octanol–water partition coefficient (Wildman–Crippen LogP) is 2.88. The van der Waals surface area contributed by atoms with E-state index in [4.69, 9.17) is 0 Å². The van der Waals surface area contributed by atoms with Gasteiger partial charge in [-0.05, 0) is 0 Å². The zero-order chi connectivity index (χ0) is 9.23. The molecule has 0 aliphatic carbocycles. The van der Waals surface area contributed by atoms with Crippen LogP contribution >= 0.6 is 0 Å². The van der Waals surface area contributed by atoms with Crippen LogP contribution in [-0.4, -0.2) is 9.55 Å². The number of aromatic nitrogens is 2. The number of imidazole rings is 1. The topological polar surface area (TPSA) is 17.8 Å². The van der Waals surface area contributed by atoms with Crippen LogP contribution in [0.2, 0.25) is 0 Å². The summed E-state index contributed by atoms with van der Waals surface area (Å²) in [6.45, 7) is 8.80. The minimum absolute atomic E-state index is 0.847. The predicted molar refractivity (Wildman–Crippen MR) is 53.0 cm³/mol. The number of unbranched alkanes of at least 4 members (excludes halogenated alkanes) is 1. The maximum Gasteiger partial charge on any atom is 0.0948 e. The van der Waals surface area contributed by atoms with Gasteiger partial charge in [0.2, 0.25) is 0 Å². The van der Waals surface area contributed by atoms with Gasteiger partial charge in [0.1, 0.15) is 0 Å². The highest BCUT2D eigenvalue weighted by molar-refractivity contribution is 4.78. The molecule has 1 heterocycles. The molecule has 0 aromatic carbocycles. The lowest BCUT2D eigenvalue weighted by Gasteiger charge is -1.89. The number of hydrogen-bond donors (Lipinski definition) is 0. The summed E-state index contributed by atoms with van der Waals surface area (Å²) in [5.74, 6) is 0. The Morgan fingerprint density at radius 3 is 2.42 bits per heavy atom. The van der Waals surface area contributed by atoms with Crippen molar-refractivity contribution < 1.29 is 0 Å². The first-order chi connectivity index (χ1) is 5.85. The van der Waals surface area contributed by atoms with Gasteiger partial charge >= 0.3 is 0 Å². The molecule has 0 saturated carbocycles. The fraction of sp³-hybridized carbons (Fsp3) is 0.500. The SMILES string of the molecule is C=CCn1ccnc1.CCCC. The number of rotatable bonds is 3. The molecule has 0 bridgehead atoms. The molecule has 0 fully saturated rings. The van der Waals surface area contributed by atoms with Gasteiger partial charge in [-0.1, -0.05) is 32.8 Å². The van der Waals surface area contributed by atoms with Gasteiger partial charge in [0.05, 0.1) is 6.33 Å². The quantitative estimate of drug-likeness (QED) is 0.631. The highest BCUT2D eigenvalue weighted by Gasteiger charge is 1.79. The third-order valence-corrected chi connectivity index (χ3v) is 1.40. The van der Waals surface area contributed by atoms with Crippen LogP contribution in [0.3, 0.4) is 0 Å². The average molecular weight is 166 g/mol. The van der Waals surface area contributed by atoms with Crippen molar-refractivity contribution in [3.63, 3.8) is 0 Å². The van der Waals surface area contributed by atoms with Crippen LogP contribution in [0, 0.1) is 0 Å². The van der Waals surface area contributed by atoms with E-state index in [9.17, 15) is 0 Å². The highest BCUT2D eigenvalue weighted by atomic mass is 15.0. The molecule has 0 N–H and O–H groups in total. The van der Waals surface area contributed by atoms with Crippen LogP contribution in [-0.2, 0) is 6.54 Å². The molecule has 0 aliphatic rings. The molecule has 2 heteroatoms. The van der Waals surface area contributed by atoms with E-state index < -0.39 is 0 Å². The average Bonchev–Trinajstić information content (AvgIpc) is 2.58. The minimum Gasteiger partial charge on any atom is -0.334 e. The molecule has 1 aromatic heterocycles. The van der Waals surface area contributed by atoms with Crippen molar-refractivity contribution in [1.82, 2.24) is 9.55 Å². The van der Waals surface area contributed by atoms with E-state index >= 15 is 0 Å². The molecule has 12 heavy (non-hydrogen) atoms. The first-order valence-corrected chi connectivity index (χ1v) is 4.41. The summed E-state index contributed by atoms with van der Waals surface area (Å²) in [5, 5.41) is 0. The second kappa shape index (κ2) is 8.05. The van der Waals surface area contributed by atoms with Crippen molar-refractivity contribution in [2.45, 2.75) is 33.2 Å². The first kappa shape index (κ1) is 11.0. The van der Waals surface area contributed by atoms with E-state index in [1.807, 2.05) is 16.8 Å². The van der Waals surface area contributed by atoms with E-state index in [1.165, 1.54) is 12.8 Å². The van der Waals surface area contributed by atoms with Gasteiger partial charge in [-0.2, -0.15) is 0 Å². The van der Waals surface area contributed by atoms with Crippen molar-refractivity contribution >= 4 is 0 Å². The second-order valence-electron chi connectivity index (χ2n) is 2.55. The van der Waals surface area contributed by atoms with E-state index in [0.717, 1.165) is 6.54 Å². The first-order valence-electron chi connectivity index (χ1n) is 4.41. The maximum absolute atomic E-state index is 3.86. The zero-order valence-corrected chi connectivity index (χ0v) is 8.03. The smallest absolute Gasteiger partial charge is 0.0948 e. The molecule has 0 aliphatic heterocycles. The van der Waals surface area contributed by atoms with E-state index in [0.29, 0.717) is 0 Å². The Kier molecular flexibility index (Phi) is 7.35. The second-order valence-corrected chi connectivity index (χ2v) is 2.55. The molecule has 0 amide bonds. The molecule has 68 valence electrons. The summed E-state index contributed by atoms with van der Waals surface area (Å²) in [6.07, 6.45) is 9.90. The van der Waals surface area contributed by atoms with Gasteiger partial charge < -0.3 is 4.57 Å². The van der Waals surface area contributed by atoms with Crippen molar-refractivity contribution in [2.24, 2.45) is 0 Å². The normalized spacial score (nSPS) is 8.50. The minimum atomic E-state index is 0.847. The van der Waals surface area contributed by atoms with Crippen LogP contribution in [0.5, 0.6) is 0 Å². The molecule has 1 rings (SSSR count). The summed E-state index contributed by atoms with van der Waals surface area (Å²) in [7, 11) is 0.